The number of halogens is 2. The zero-order valence-electron chi connectivity index (χ0n) is 20.8. The van der Waals surface area contributed by atoms with Crippen LogP contribution in [0.15, 0.2) is 44.7 Å². The van der Waals surface area contributed by atoms with Crippen molar-refractivity contribution in [3.05, 3.63) is 45.5 Å². The summed E-state index contributed by atoms with van der Waals surface area (Å²) in [6.07, 6.45) is 13.6. The van der Waals surface area contributed by atoms with Crippen LogP contribution in [0.5, 0.6) is 0 Å². The quantitative estimate of drug-likeness (QED) is 0.154. The number of nitrogens with zero attached hydrogens (tertiary/aromatic N) is 6. The molecule has 2 saturated heterocycles. The molecule has 8 nitrogen and oxygen atoms in total. The monoisotopic (exact) mass is 595 g/mol. The topological polar surface area (TPSA) is 124 Å². The van der Waals surface area contributed by atoms with E-state index in [1.165, 1.54) is 12.8 Å². The maximum absolute atomic E-state index is 11.8. The molecular formula is C26H34Cl2CuN6O2-2. The van der Waals surface area contributed by atoms with Crippen molar-refractivity contribution in [1.29, 1.82) is 0 Å². The van der Waals surface area contributed by atoms with Crippen molar-refractivity contribution in [3.8, 4) is 0 Å². The fourth-order valence-corrected chi connectivity index (χ4v) is 4.61. The van der Waals surface area contributed by atoms with Crippen LogP contribution in [-0.4, -0.2) is 54.8 Å². The maximum atomic E-state index is 11.8. The van der Waals surface area contributed by atoms with Gasteiger partial charge >= 0.3 is 17.1 Å². The van der Waals surface area contributed by atoms with Gasteiger partial charge in [0.05, 0.1) is 0 Å². The molecule has 2 aliphatic heterocycles. The second-order valence-electron chi connectivity index (χ2n) is 9.27. The van der Waals surface area contributed by atoms with Gasteiger partial charge in [-0.2, -0.15) is 20.4 Å². The minimum Gasteiger partial charge on any atom is -0.860 e. The van der Waals surface area contributed by atoms with E-state index in [1.807, 2.05) is 0 Å². The first-order chi connectivity index (χ1) is 17.5. The molecule has 1 radical (unpaired) electrons. The zero-order chi connectivity index (χ0) is 25.6. The first kappa shape index (κ1) is 31.7. The molecular weight excluding hydrogens is 563 g/mol. The molecule has 2 unspecified atom stereocenters. The zero-order valence-corrected chi connectivity index (χ0v) is 23.3. The Balaban J connectivity index is 0.000000253. The van der Waals surface area contributed by atoms with Gasteiger partial charge in [-0.25, -0.2) is 0 Å². The Bertz CT molecular complexity index is 893. The summed E-state index contributed by atoms with van der Waals surface area (Å²) in [4.78, 5) is 0. The Morgan fingerprint density at radius 2 is 1.32 bits per heavy atom. The second-order valence-corrected chi connectivity index (χ2v) is 10.3. The van der Waals surface area contributed by atoms with Gasteiger partial charge in [-0.15, -0.1) is 24.7 Å². The summed E-state index contributed by atoms with van der Waals surface area (Å²) in [5.74, 6) is -0.426. The van der Waals surface area contributed by atoms with E-state index in [0.29, 0.717) is 10.6 Å². The van der Waals surface area contributed by atoms with Crippen LogP contribution in [0.4, 0.5) is 0 Å². The van der Waals surface area contributed by atoms with E-state index in [4.69, 9.17) is 23.2 Å². The third-order valence-electron chi connectivity index (χ3n) is 6.42. The molecule has 2 atom stereocenters. The normalized spacial score (nSPS) is 27.4. The van der Waals surface area contributed by atoms with E-state index in [1.54, 1.807) is 36.7 Å². The van der Waals surface area contributed by atoms with Crippen LogP contribution in [0.1, 0.15) is 69.8 Å². The minimum absolute atomic E-state index is 0. The fourth-order valence-electron chi connectivity index (χ4n) is 4.23. The Labute approximate surface area is 240 Å². The molecule has 0 bridgehead atoms. The summed E-state index contributed by atoms with van der Waals surface area (Å²) < 4.78 is 0. The van der Waals surface area contributed by atoms with E-state index in [2.05, 4.69) is 31.0 Å². The number of hydrogen-bond acceptors (Lipinski definition) is 6. The van der Waals surface area contributed by atoms with Crippen LogP contribution < -0.4 is 10.2 Å². The summed E-state index contributed by atoms with van der Waals surface area (Å²) in [7, 11) is 0. The largest absolute Gasteiger partial charge is 2.00 e. The average Bonchev–Trinajstić information content (AvgIpc) is 2.91. The van der Waals surface area contributed by atoms with Gasteiger partial charge in [-0.05, 0) is 55.2 Å². The smallest absolute Gasteiger partial charge is 0.860 e. The summed E-state index contributed by atoms with van der Waals surface area (Å²) in [5, 5.41) is 48.2. The van der Waals surface area contributed by atoms with Gasteiger partial charge in [0, 0.05) is 28.7 Å². The molecule has 1 saturated carbocycles. The number of piperidine rings is 2. The first-order valence-electron chi connectivity index (χ1n) is 12.8. The van der Waals surface area contributed by atoms with Gasteiger partial charge in [0.15, 0.2) is 0 Å². The molecule has 37 heavy (non-hydrogen) atoms. The number of rotatable bonds is 6. The van der Waals surface area contributed by atoms with E-state index in [0.717, 1.165) is 64.5 Å². The van der Waals surface area contributed by atoms with Crippen molar-refractivity contribution in [1.82, 2.24) is 0 Å². The van der Waals surface area contributed by atoms with Crippen molar-refractivity contribution in [2.24, 2.45) is 26.3 Å². The van der Waals surface area contributed by atoms with E-state index < -0.39 is 0 Å². The molecule has 207 valence electrons. The van der Waals surface area contributed by atoms with Crippen LogP contribution in [0.3, 0.4) is 0 Å². The molecule has 0 spiro atoms. The molecule has 0 amide bonds. The maximum Gasteiger partial charge on any atom is 2.00 e. The standard InChI is InChI=1S/C13H21ClN3O.C13H15ClN3O.Cu/c2*14-11-6-4-10(5-7-11)13(18)17-16-9-12-3-1-2-8-15-12;/h9-12H,1-8H2,(H,17,18);4-7,9,12H,1-3,8H2,(H,17,18);/q2*-1;+2/p-2/b16-9-;16-9+;. The second kappa shape index (κ2) is 17.9. The number of alkyl halides is 1. The Hall–Kier alpha value is -1.48. The van der Waals surface area contributed by atoms with Gasteiger partial charge in [0.25, 0.3) is 0 Å². The molecule has 1 aliphatic carbocycles. The summed E-state index contributed by atoms with van der Waals surface area (Å²) in [6.45, 7) is 1.78. The van der Waals surface area contributed by atoms with Crippen molar-refractivity contribution < 1.29 is 27.3 Å². The molecule has 1 aromatic carbocycles. The predicted octanol–water partition coefficient (Wildman–Crippen LogP) is 4.81. The molecule has 4 rings (SSSR count). The summed E-state index contributed by atoms with van der Waals surface area (Å²) in [6, 6.07) is 6.85. The molecule has 3 fully saturated rings. The minimum atomic E-state index is -0.362. The molecule has 1 aromatic rings. The first-order valence-corrected chi connectivity index (χ1v) is 13.6. The van der Waals surface area contributed by atoms with Gasteiger partial charge in [0.1, 0.15) is 0 Å². The average molecular weight is 597 g/mol. The predicted molar refractivity (Wildman–Crippen MR) is 146 cm³/mol. The van der Waals surface area contributed by atoms with Crippen LogP contribution in [0.2, 0.25) is 5.02 Å². The third kappa shape index (κ3) is 12.3. The van der Waals surface area contributed by atoms with Crippen molar-refractivity contribution in [3.63, 3.8) is 0 Å². The molecule has 0 aromatic heterocycles. The summed E-state index contributed by atoms with van der Waals surface area (Å²) >= 11 is 11.7. The SMILES string of the molecule is [Cu+2].[O-]/C(=N\N=C/C1CCCC[N-]1)C1CCC(Cl)CC1.[O-]/C(=N\N=C\C1CCCC[N-]1)c1ccc(Cl)cc1. The fraction of sp³-hybridized carbons (Fsp3) is 0.615. The Kier molecular flexibility index (Phi) is 15.4. The number of hydrogen-bond donors (Lipinski definition) is 0. The number of benzene rings is 1. The van der Waals surface area contributed by atoms with Gasteiger partial charge < -0.3 is 20.8 Å². The van der Waals surface area contributed by atoms with Crippen LogP contribution >= 0.6 is 23.2 Å². The van der Waals surface area contributed by atoms with Gasteiger partial charge in [0.2, 0.25) is 0 Å². The van der Waals surface area contributed by atoms with Crippen molar-refractivity contribution in [2.75, 3.05) is 13.1 Å². The molecule has 11 heteroatoms. The van der Waals surface area contributed by atoms with E-state index >= 15 is 0 Å². The molecule has 3 aliphatic rings. The third-order valence-corrected chi connectivity index (χ3v) is 7.11. The van der Waals surface area contributed by atoms with Gasteiger partial charge in [-0.1, -0.05) is 74.3 Å². The molecule has 0 N–H and O–H groups in total. The molecule has 2 heterocycles. The van der Waals surface area contributed by atoms with Crippen LogP contribution in [0, 0.1) is 5.92 Å². The van der Waals surface area contributed by atoms with E-state index in [9.17, 15) is 10.2 Å². The van der Waals surface area contributed by atoms with Crippen molar-refractivity contribution >= 4 is 47.4 Å². The van der Waals surface area contributed by atoms with Gasteiger partial charge in [-0.3, -0.25) is 0 Å². The Morgan fingerprint density at radius 3 is 1.84 bits per heavy atom. The van der Waals surface area contributed by atoms with E-state index in [-0.39, 0.29) is 52.2 Å². The van der Waals surface area contributed by atoms with Crippen LogP contribution in [0.25, 0.3) is 10.6 Å². The van der Waals surface area contributed by atoms with Crippen LogP contribution in [-0.2, 0) is 17.1 Å². The van der Waals surface area contributed by atoms with Crippen molar-refractivity contribution in [2.45, 2.75) is 81.7 Å². The Morgan fingerprint density at radius 1 is 0.784 bits per heavy atom. The summed E-state index contributed by atoms with van der Waals surface area (Å²) in [5.41, 5.74) is 0.483.